The third-order valence-corrected chi connectivity index (χ3v) is 4.13. The fraction of sp³-hybridized carbons (Fsp3) is 0.529. The van der Waals surface area contributed by atoms with Gasteiger partial charge in [-0.1, -0.05) is 11.8 Å². The summed E-state index contributed by atoms with van der Waals surface area (Å²) >= 11 is 0. The first kappa shape index (κ1) is 14.4. The summed E-state index contributed by atoms with van der Waals surface area (Å²) in [5, 5.41) is 0. The zero-order chi connectivity index (χ0) is 14.7. The molecule has 2 aliphatic heterocycles. The van der Waals surface area contributed by atoms with Gasteiger partial charge in [0, 0.05) is 30.8 Å². The van der Waals surface area contributed by atoms with Crippen LogP contribution in [0.2, 0.25) is 0 Å². The third kappa shape index (κ3) is 3.38. The Morgan fingerprint density at radius 1 is 1.33 bits per heavy atom. The molecule has 3 rings (SSSR count). The standard InChI is InChI=1S/C17H22N2O2/c1-20-17-7-4-13(3-2-8-18)9-14(17)10-19-11-15-5-6-16(12-19)21-15/h4,7,9,15-16H,5-6,8,10-12,18H2,1H3. The summed E-state index contributed by atoms with van der Waals surface area (Å²) in [4.78, 5) is 2.46. The Hall–Kier alpha value is -1.54. The molecule has 2 atom stereocenters. The number of hydrogen-bond acceptors (Lipinski definition) is 4. The molecule has 0 spiro atoms. The van der Waals surface area contributed by atoms with Gasteiger partial charge < -0.3 is 15.2 Å². The van der Waals surface area contributed by atoms with E-state index in [4.69, 9.17) is 15.2 Å². The van der Waals surface area contributed by atoms with Crippen molar-refractivity contribution in [2.24, 2.45) is 5.73 Å². The number of nitrogens with two attached hydrogens (primary N) is 1. The van der Waals surface area contributed by atoms with Crippen LogP contribution < -0.4 is 10.5 Å². The maximum absolute atomic E-state index is 5.89. The van der Waals surface area contributed by atoms with E-state index in [-0.39, 0.29) is 0 Å². The van der Waals surface area contributed by atoms with Gasteiger partial charge in [-0.3, -0.25) is 4.90 Å². The van der Waals surface area contributed by atoms with Crippen LogP contribution in [0.4, 0.5) is 0 Å². The molecule has 2 bridgehead atoms. The first-order valence-electron chi connectivity index (χ1n) is 7.52. The molecule has 2 saturated heterocycles. The molecule has 1 aromatic carbocycles. The highest BCUT2D eigenvalue weighted by molar-refractivity contribution is 5.44. The molecule has 21 heavy (non-hydrogen) atoms. The monoisotopic (exact) mass is 286 g/mol. The molecule has 0 aromatic heterocycles. The minimum atomic E-state index is 0.383. The van der Waals surface area contributed by atoms with Crippen molar-refractivity contribution in [2.75, 3.05) is 26.7 Å². The van der Waals surface area contributed by atoms with Crippen molar-refractivity contribution in [2.45, 2.75) is 31.6 Å². The van der Waals surface area contributed by atoms with Crippen molar-refractivity contribution in [3.63, 3.8) is 0 Å². The molecular weight excluding hydrogens is 264 g/mol. The minimum absolute atomic E-state index is 0.383. The highest BCUT2D eigenvalue weighted by Crippen LogP contribution is 2.29. The third-order valence-electron chi connectivity index (χ3n) is 4.13. The lowest BCUT2D eigenvalue weighted by Crippen LogP contribution is -2.42. The molecule has 0 amide bonds. The maximum atomic E-state index is 5.89. The van der Waals surface area contributed by atoms with Gasteiger partial charge in [-0.15, -0.1) is 0 Å². The smallest absolute Gasteiger partial charge is 0.123 e. The van der Waals surface area contributed by atoms with E-state index in [0.717, 1.165) is 30.9 Å². The Morgan fingerprint density at radius 2 is 2.10 bits per heavy atom. The van der Waals surface area contributed by atoms with E-state index in [1.54, 1.807) is 7.11 Å². The normalized spacial score (nSPS) is 24.5. The van der Waals surface area contributed by atoms with Gasteiger partial charge in [-0.2, -0.15) is 0 Å². The number of hydrogen-bond donors (Lipinski definition) is 1. The highest BCUT2D eigenvalue weighted by atomic mass is 16.5. The first-order valence-corrected chi connectivity index (χ1v) is 7.52. The minimum Gasteiger partial charge on any atom is -0.496 e. The topological polar surface area (TPSA) is 47.7 Å². The second kappa shape index (κ2) is 6.48. The fourth-order valence-corrected chi connectivity index (χ4v) is 3.20. The molecule has 2 aliphatic rings. The number of morpholine rings is 1. The van der Waals surface area contributed by atoms with E-state index >= 15 is 0 Å². The average molecular weight is 286 g/mol. The molecule has 0 aliphatic carbocycles. The van der Waals surface area contributed by atoms with E-state index in [2.05, 4.69) is 22.8 Å². The van der Waals surface area contributed by atoms with Crippen molar-refractivity contribution in [3.05, 3.63) is 29.3 Å². The molecule has 2 heterocycles. The van der Waals surface area contributed by atoms with Gasteiger partial charge in [0.1, 0.15) is 5.75 Å². The molecule has 4 nitrogen and oxygen atoms in total. The van der Waals surface area contributed by atoms with Gasteiger partial charge in [-0.05, 0) is 31.0 Å². The van der Waals surface area contributed by atoms with Gasteiger partial charge in [-0.25, -0.2) is 0 Å². The number of benzene rings is 1. The number of fused-ring (bicyclic) bond motifs is 2. The molecule has 2 N–H and O–H groups in total. The Bertz CT molecular complexity index is 550. The predicted octanol–water partition coefficient (Wildman–Crippen LogP) is 1.37. The zero-order valence-corrected chi connectivity index (χ0v) is 12.5. The summed E-state index contributed by atoms with van der Waals surface area (Å²) in [5.74, 6) is 6.91. The molecule has 112 valence electrons. The molecule has 2 fully saturated rings. The van der Waals surface area contributed by atoms with E-state index in [0.29, 0.717) is 18.8 Å². The van der Waals surface area contributed by atoms with Crippen LogP contribution in [0, 0.1) is 11.8 Å². The number of ether oxygens (including phenoxy) is 2. The van der Waals surface area contributed by atoms with Gasteiger partial charge in [0.2, 0.25) is 0 Å². The van der Waals surface area contributed by atoms with Crippen LogP contribution in [0.15, 0.2) is 18.2 Å². The number of likely N-dealkylation sites (tertiary alicyclic amines) is 1. The Kier molecular flexibility index (Phi) is 4.45. The largest absolute Gasteiger partial charge is 0.496 e. The second-order valence-corrected chi connectivity index (χ2v) is 5.68. The summed E-state index contributed by atoms with van der Waals surface area (Å²) < 4.78 is 11.4. The summed E-state index contributed by atoms with van der Waals surface area (Å²) in [7, 11) is 1.72. The quantitative estimate of drug-likeness (QED) is 0.853. The van der Waals surface area contributed by atoms with Crippen LogP contribution in [0.1, 0.15) is 24.0 Å². The number of rotatable bonds is 3. The average Bonchev–Trinajstić information content (AvgIpc) is 2.84. The molecule has 4 heteroatoms. The van der Waals surface area contributed by atoms with Crippen molar-refractivity contribution in [1.29, 1.82) is 0 Å². The van der Waals surface area contributed by atoms with Crippen LogP contribution in [0.5, 0.6) is 5.75 Å². The molecule has 1 aromatic rings. The van der Waals surface area contributed by atoms with Gasteiger partial charge in [0.05, 0.1) is 25.9 Å². The maximum Gasteiger partial charge on any atom is 0.123 e. The van der Waals surface area contributed by atoms with Crippen LogP contribution in [0.3, 0.4) is 0 Å². The Labute approximate surface area is 126 Å². The Morgan fingerprint density at radius 3 is 2.76 bits per heavy atom. The SMILES string of the molecule is COc1ccc(C#CCN)cc1CN1CC2CCC(C1)O2. The summed E-state index contributed by atoms with van der Waals surface area (Å²) in [6.45, 7) is 3.29. The zero-order valence-electron chi connectivity index (χ0n) is 12.5. The van der Waals surface area contributed by atoms with Crippen LogP contribution in [0.25, 0.3) is 0 Å². The molecule has 2 unspecified atom stereocenters. The second-order valence-electron chi connectivity index (χ2n) is 5.68. The molecule has 0 saturated carbocycles. The van der Waals surface area contributed by atoms with E-state index in [1.165, 1.54) is 18.4 Å². The van der Waals surface area contributed by atoms with Gasteiger partial charge in [0.15, 0.2) is 0 Å². The van der Waals surface area contributed by atoms with Crippen LogP contribution in [-0.2, 0) is 11.3 Å². The van der Waals surface area contributed by atoms with E-state index in [1.807, 2.05) is 12.1 Å². The lowest BCUT2D eigenvalue weighted by molar-refractivity contribution is -0.0412. The summed E-state index contributed by atoms with van der Waals surface area (Å²) in [6, 6.07) is 6.08. The van der Waals surface area contributed by atoms with Crippen molar-refractivity contribution in [3.8, 4) is 17.6 Å². The fourth-order valence-electron chi connectivity index (χ4n) is 3.20. The first-order chi connectivity index (χ1) is 10.3. The van der Waals surface area contributed by atoms with Crippen LogP contribution in [-0.4, -0.2) is 43.9 Å². The van der Waals surface area contributed by atoms with Crippen LogP contribution >= 0.6 is 0 Å². The van der Waals surface area contributed by atoms with Crippen molar-refractivity contribution < 1.29 is 9.47 Å². The number of methoxy groups -OCH3 is 1. The van der Waals surface area contributed by atoms with E-state index in [9.17, 15) is 0 Å². The molecular formula is C17H22N2O2. The number of nitrogens with zero attached hydrogens (tertiary/aromatic N) is 1. The lowest BCUT2D eigenvalue weighted by atomic mass is 10.1. The molecule has 0 radical (unpaired) electrons. The predicted molar refractivity (Wildman–Crippen MR) is 82.1 cm³/mol. The van der Waals surface area contributed by atoms with Gasteiger partial charge >= 0.3 is 0 Å². The van der Waals surface area contributed by atoms with E-state index < -0.39 is 0 Å². The summed E-state index contributed by atoms with van der Waals surface area (Å²) in [5.41, 5.74) is 7.61. The summed E-state index contributed by atoms with van der Waals surface area (Å²) in [6.07, 6.45) is 3.21. The van der Waals surface area contributed by atoms with Crippen molar-refractivity contribution in [1.82, 2.24) is 4.90 Å². The van der Waals surface area contributed by atoms with Gasteiger partial charge in [0.25, 0.3) is 0 Å². The van der Waals surface area contributed by atoms with Crippen molar-refractivity contribution >= 4 is 0 Å². The Balaban J connectivity index is 1.76. The lowest BCUT2D eigenvalue weighted by Gasteiger charge is -2.32. The highest BCUT2D eigenvalue weighted by Gasteiger charge is 2.33.